The second-order valence-electron chi connectivity index (χ2n) is 6.16. The molecule has 0 bridgehead atoms. The topological polar surface area (TPSA) is 50.4 Å². The molecular formula is C15H30N2O2. The van der Waals surface area contributed by atoms with Crippen LogP contribution in [0.2, 0.25) is 0 Å². The highest BCUT2D eigenvalue weighted by atomic mass is 16.5. The molecule has 1 fully saturated rings. The van der Waals surface area contributed by atoms with Gasteiger partial charge in [0.2, 0.25) is 0 Å². The second-order valence-corrected chi connectivity index (χ2v) is 6.16. The third-order valence-corrected chi connectivity index (χ3v) is 3.73. The molecule has 0 spiro atoms. The highest BCUT2D eigenvalue weighted by molar-refractivity contribution is 5.75. The Hall–Kier alpha value is -0.610. The Morgan fingerprint density at radius 2 is 2.11 bits per heavy atom. The molecule has 1 aliphatic heterocycles. The van der Waals surface area contributed by atoms with Crippen molar-refractivity contribution in [1.82, 2.24) is 10.6 Å². The van der Waals surface area contributed by atoms with Crippen molar-refractivity contribution in [3.63, 3.8) is 0 Å². The summed E-state index contributed by atoms with van der Waals surface area (Å²) in [4.78, 5) is 11.8. The van der Waals surface area contributed by atoms with Crippen molar-refractivity contribution in [2.45, 2.75) is 71.0 Å². The minimum atomic E-state index is -0.177. The molecule has 112 valence electrons. The molecule has 4 heteroatoms. The third kappa shape index (κ3) is 6.39. The first kappa shape index (κ1) is 16.4. The second kappa shape index (κ2) is 8.54. The standard InChI is InChI=1S/C15H30N2O2/c1-11(2)9-14(15(18)19-4)17-12(3)10-13-7-5-6-8-16-13/h11-14,16-17H,5-10H2,1-4H3. The maximum atomic E-state index is 11.8. The highest BCUT2D eigenvalue weighted by Crippen LogP contribution is 2.13. The fourth-order valence-electron chi connectivity index (χ4n) is 2.81. The minimum absolute atomic E-state index is 0.142. The monoisotopic (exact) mass is 270 g/mol. The van der Waals surface area contributed by atoms with Crippen LogP contribution in [0.4, 0.5) is 0 Å². The zero-order chi connectivity index (χ0) is 14.3. The lowest BCUT2D eigenvalue weighted by atomic mass is 9.97. The molecule has 3 atom stereocenters. The summed E-state index contributed by atoms with van der Waals surface area (Å²) < 4.78 is 4.89. The predicted octanol–water partition coefficient (Wildman–Crippen LogP) is 2.08. The highest BCUT2D eigenvalue weighted by Gasteiger charge is 2.24. The normalized spacial score (nSPS) is 23.1. The van der Waals surface area contributed by atoms with Gasteiger partial charge in [0.1, 0.15) is 6.04 Å². The number of esters is 1. The number of hydrogen-bond donors (Lipinski definition) is 2. The zero-order valence-electron chi connectivity index (χ0n) is 12.9. The Bertz CT molecular complexity index is 263. The molecule has 0 amide bonds. The average molecular weight is 270 g/mol. The van der Waals surface area contributed by atoms with E-state index in [0.717, 1.165) is 19.4 Å². The summed E-state index contributed by atoms with van der Waals surface area (Å²) in [5.74, 6) is 0.341. The number of piperidine rings is 1. The van der Waals surface area contributed by atoms with Gasteiger partial charge in [-0.15, -0.1) is 0 Å². The van der Waals surface area contributed by atoms with Gasteiger partial charge in [0.15, 0.2) is 0 Å². The summed E-state index contributed by atoms with van der Waals surface area (Å²) in [6, 6.07) is 0.746. The number of ether oxygens (including phenoxy) is 1. The SMILES string of the molecule is COC(=O)C(CC(C)C)NC(C)CC1CCCCN1. The molecule has 0 radical (unpaired) electrons. The smallest absolute Gasteiger partial charge is 0.322 e. The van der Waals surface area contributed by atoms with Crippen LogP contribution < -0.4 is 10.6 Å². The molecule has 1 heterocycles. The summed E-state index contributed by atoms with van der Waals surface area (Å²) in [5, 5.41) is 6.98. The van der Waals surface area contributed by atoms with E-state index in [4.69, 9.17) is 4.74 Å². The molecule has 2 N–H and O–H groups in total. The van der Waals surface area contributed by atoms with Gasteiger partial charge in [-0.1, -0.05) is 20.3 Å². The molecule has 4 nitrogen and oxygen atoms in total. The van der Waals surface area contributed by atoms with Crippen LogP contribution in [0.1, 0.15) is 52.9 Å². The number of methoxy groups -OCH3 is 1. The molecule has 1 saturated heterocycles. The number of carbonyl (C=O) groups is 1. The minimum Gasteiger partial charge on any atom is -0.468 e. The van der Waals surface area contributed by atoms with E-state index in [-0.39, 0.29) is 12.0 Å². The van der Waals surface area contributed by atoms with E-state index in [1.165, 1.54) is 26.4 Å². The maximum absolute atomic E-state index is 11.8. The first-order valence-corrected chi connectivity index (χ1v) is 7.60. The number of hydrogen-bond acceptors (Lipinski definition) is 4. The molecule has 0 saturated carbocycles. The van der Waals surface area contributed by atoms with E-state index < -0.39 is 0 Å². The number of carbonyl (C=O) groups excluding carboxylic acids is 1. The molecule has 1 aliphatic rings. The molecule has 19 heavy (non-hydrogen) atoms. The predicted molar refractivity (Wildman–Crippen MR) is 78.1 cm³/mol. The van der Waals surface area contributed by atoms with E-state index in [2.05, 4.69) is 31.4 Å². The molecule has 0 aromatic rings. The summed E-state index contributed by atoms with van der Waals surface area (Å²) in [5.41, 5.74) is 0. The van der Waals surface area contributed by atoms with Crippen molar-refractivity contribution in [1.29, 1.82) is 0 Å². The summed E-state index contributed by atoms with van der Waals surface area (Å²) in [6.45, 7) is 7.55. The summed E-state index contributed by atoms with van der Waals surface area (Å²) in [6.07, 6.45) is 5.76. The van der Waals surface area contributed by atoms with Gasteiger partial charge in [-0.2, -0.15) is 0 Å². The van der Waals surface area contributed by atoms with Gasteiger partial charge < -0.3 is 15.4 Å². The lowest BCUT2D eigenvalue weighted by molar-refractivity contribution is -0.143. The van der Waals surface area contributed by atoms with Crippen LogP contribution in [-0.2, 0) is 9.53 Å². The van der Waals surface area contributed by atoms with Gasteiger partial charge in [-0.3, -0.25) is 4.79 Å². The third-order valence-electron chi connectivity index (χ3n) is 3.73. The first-order chi connectivity index (χ1) is 9.02. The number of nitrogens with one attached hydrogen (secondary N) is 2. The van der Waals surface area contributed by atoms with E-state index in [9.17, 15) is 4.79 Å². The van der Waals surface area contributed by atoms with Crippen LogP contribution in [0.25, 0.3) is 0 Å². The van der Waals surface area contributed by atoms with Gasteiger partial charge in [0.05, 0.1) is 7.11 Å². The Morgan fingerprint density at radius 3 is 2.63 bits per heavy atom. The average Bonchev–Trinajstić information content (AvgIpc) is 2.37. The Labute approximate surface area is 117 Å². The summed E-state index contributed by atoms with van der Waals surface area (Å²) in [7, 11) is 1.46. The maximum Gasteiger partial charge on any atom is 0.322 e. The van der Waals surface area contributed by atoms with Crippen molar-refractivity contribution in [2.75, 3.05) is 13.7 Å². The Morgan fingerprint density at radius 1 is 1.37 bits per heavy atom. The number of rotatable bonds is 7. The van der Waals surface area contributed by atoms with E-state index in [1.807, 2.05) is 0 Å². The Kier molecular flexibility index (Phi) is 7.39. The lowest BCUT2D eigenvalue weighted by Gasteiger charge is -2.29. The van der Waals surface area contributed by atoms with Gasteiger partial charge in [0.25, 0.3) is 0 Å². The van der Waals surface area contributed by atoms with Gasteiger partial charge in [0, 0.05) is 12.1 Å². The summed E-state index contributed by atoms with van der Waals surface area (Å²) >= 11 is 0. The van der Waals surface area contributed by atoms with Crippen molar-refractivity contribution < 1.29 is 9.53 Å². The van der Waals surface area contributed by atoms with Crippen molar-refractivity contribution >= 4 is 5.97 Å². The van der Waals surface area contributed by atoms with Gasteiger partial charge >= 0.3 is 5.97 Å². The van der Waals surface area contributed by atoms with Crippen molar-refractivity contribution in [2.24, 2.45) is 5.92 Å². The molecular weight excluding hydrogens is 240 g/mol. The molecule has 0 aromatic heterocycles. The first-order valence-electron chi connectivity index (χ1n) is 7.60. The molecule has 0 aliphatic carbocycles. The van der Waals surface area contributed by atoms with Crippen LogP contribution in [-0.4, -0.2) is 37.7 Å². The van der Waals surface area contributed by atoms with Crippen LogP contribution >= 0.6 is 0 Å². The largest absolute Gasteiger partial charge is 0.468 e. The van der Waals surface area contributed by atoms with Crippen LogP contribution in [0.5, 0.6) is 0 Å². The Balaban J connectivity index is 2.40. The molecule has 3 unspecified atom stereocenters. The fraction of sp³-hybridized carbons (Fsp3) is 0.933. The van der Waals surface area contributed by atoms with Gasteiger partial charge in [-0.25, -0.2) is 0 Å². The van der Waals surface area contributed by atoms with E-state index >= 15 is 0 Å². The van der Waals surface area contributed by atoms with Crippen LogP contribution in [0, 0.1) is 5.92 Å². The molecule has 0 aromatic carbocycles. The van der Waals surface area contributed by atoms with Gasteiger partial charge in [-0.05, 0) is 45.1 Å². The van der Waals surface area contributed by atoms with Crippen LogP contribution in [0.15, 0.2) is 0 Å². The fourth-order valence-corrected chi connectivity index (χ4v) is 2.81. The van der Waals surface area contributed by atoms with Crippen molar-refractivity contribution in [3.8, 4) is 0 Å². The van der Waals surface area contributed by atoms with E-state index in [0.29, 0.717) is 18.0 Å². The molecule has 1 rings (SSSR count). The zero-order valence-corrected chi connectivity index (χ0v) is 12.9. The lowest BCUT2D eigenvalue weighted by Crippen LogP contribution is -2.46. The van der Waals surface area contributed by atoms with E-state index in [1.54, 1.807) is 0 Å². The van der Waals surface area contributed by atoms with Crippen LogP contribution in [0.3, 0.4) is 0 Å². The van der Waals surface area contributed by atoms with Crippen molar-refractivity contribution in [3.05, 3.63) is 0 Å². The quantitative estimate of drug-likeness (QED) is 0.696.